The smallest absolute Gasteiger partial charge is 0.237 e. The van der Waals surface area contributed by atoms with Crippen molar-refractivity contribution in [3.8, 4) is 0 Å². The summed E-state index contributed by atoms with van der Waals surface area (Å²) in [6.07, 6.45) is 9.70. The largest absolute Gasteiger partial charge is 0.361 e. The predicted octanol–water partition coefficient (Wildman–Crippen LogP) is 2.88. The van der Waals surface area contributed by atoms with E-state index in [9.17, 15) is 4.79 Å². The maximum Gasteiger partial charge on any atom is 0.237 e. The summed E-state index contributed by atoms with van der Waals surface area (Å²) in [4.78, 5) is 15.6. The van der Waals surface area contributed by atoms with Crippen LogP contribution in [0.3, 0.4) is 0 Å². The Labute approximate surface area is 131 Å². The van der Waals surface area contributed by atoms with Crippen molar-refractivity contribution < 1.29 is 4.79 Å². The molecule has 1 aromatic heterocycles. The topological polar surface area (TPSA) is 70.9 Å². The van der Waals surface area contributed by atoms with Crippen LogP contribution >= 0.6 is 0 Å². The van der Waals surface area contributed by atoms with Gasteiger partial charge in [-0.3, -0.25) is 4.79 Å². The summed E-state index contributed by atoms with van der Waals surface area (Å²) in [7, 11) is 0. The van der Waals surface area contributed by atoms with Crippen LogP contribution in [0.25, 0.3) is 10.9 Å². The van der Waals surface area contributed by atoms with Crippen LogP contribution in [0.15, 0.2) is 30.5 Å². The van der Waals surface area contributed by atoms with Crippen LogP contribution in [-0.2, 0) is 11.2 Å². The number of fused-ring (bicyclic) bond motifs is 1. The number of carbonyl (C=O) groups excluding carboxylic acids is 1. The van der Waals surface area contributed by atoms with Gasteiger partial charge in [0, 0.05) is 23.1 Å². The Balaban J connectivity index is 1.61. The first-order chi connectivity index (χ1) is 10.7. The number of carbonyl (C=O) groups is 1. The van der Waals surface area contributed by atoms with Crippen molar-refractivity contribution >= 4 is 16.8 Å². The van der Waals surface area contributed by atoms with E-state index in [-0.39, 0.29) is 5.91 Å². The molecule has 1 aliphatic rings. The molecule has 1 atom stereocenters. The summed E-state index contributed by atoms with van der Waals surface area (Å²) in [6.45, 7) is 0. The van der Waals surface area contributed by atoms with Crippen molar-refractivity contribution in [3.05, 3.63) is 36.0 Å². The van der Waals surface area contributed by atoms with Crippen molar-refractivity contribution in [3.63, 3.8) is 0 Å². The van der Waals surface area contributed by atoms with Crippen LogP contribution < -0.4 is 11.1 Å². The third kappa shape index (κ3) is 3.50. The number of rotatable bonds is 4. The molecule has 1 saturated carbocycles. The van der Waals surface area contributed by atoms with Gasteiger partial charge < -0.3 is 16.0 Å². The first-order valence-corrected chi connectivity index (χ1v) is 8.35. The summed E-state index contributed by atoms with van der Waals surface area (Å²) < 4.78 is 0. The van der Waals surface area contributed by atoms with Crippen LogP contribution in [0.5, 0.6) is 0 Å². The lowest BCUT2D eigenvalue weighted by atomic mass is 10.0. The van der Waals surface area contributed by atoms with Crippen molar-refractivity contribution in [2.45, 2.75) is 57.0 Å². The fourth-order valence-electron chi connectivity index (χ4n) is 3.36. The molecule has 0 unspecified atom stereocenters. The Morgan fingerprint density at radius 2 is 1.95 bits per heavy atom. The van der Waals surface area contributed by atoms with E-state index in [0.29, 0.717) is 12.5 Å². The lowest BCUT2D eigenvalue weighted by molar-refractivity contribution is -0.123. The second-order valence-electron chi connectivity index (χ2n) is 6.37. The fourth-order valence-corrected chi connectivity index (χ4v) is 3.36. The molecule has 0 spiro atoms. The summed E-state index contributed by atoms with van der Waals surface area (Å²) in [6, 6.07) is 7.94. The van der Waals surface area contributed by atoms with E-state index in [1.54, 1.807) is 0 Å². The van der Waals surface area contributed by atoms with Gasteiger partial charge in [-0.05, 0) is 30.9 Å². The third-order valence-corrected chi connectivity index (χ3v) is 4.65. The monoisotopic (exact) mass is 299 g/mol. The van der Waals surface area contributed by atoms with Gasteiger partial charge in [-0.25, -0.2) is 0 Å². The molecule has 0 bridgehead atoms. The van der Waals surface area contributed by atoms with Gasteiger partial charge in [0.15, 0.2) is 0 Å². The van der Waals surface area contributed by atoms with Crippen LogP contribution in [0.1, 0.15) is 44.1 Å². The second kappa shape index (κ2) is 6.97. The average molecular weight is 299 g/mol. The molecular formula is C18H25N3O. The first-order valence-electron chi connectivity index (χ1n) is 8.35. The molecule has 22 heavy (non-hydrogen) atoms. The molecule has 1 fully saturated rings. The molecule has 0 aliphatic heterocycles. The number of para-hydroxylation sites is 1. The Bertz CT molecular complexity index is 626. The van der Waals surface area contributed by atoms with E-state index in [2.05, 4.69) is 16.4 Å². The quantitative estimate of drug-likeness (QED) is 0.760. The van der Waals surface area contributed by atoms with Gasteiger partial charge in [-0.15, -0.1) is 0 Å². The van der Waals surface area contributed by atoms with Gasteiger partial charge in [-0.1, -0.05) is 43.9 Å². The van der Waals surface area contributed by atoms with E-state index >= 15 is 0 Å². The molecule has 3 rings (SSSR count). The molecule has 0 saturated heterocycles. The summed E-state index contributed by atoms with van der Waals surface area (Å²) in [5, 5.41) is 4.30. The number of H-pyrrole nitrogens is 1. The minimum atomic E-state index is -0.484. The number of hydrogen-bond acceptors (Lipinski definition) is 2. The number of benzene rings is 1. The van der Waals surface area contributed by atoms with E-state index in [1.165, 1.54) is 25.7 Å². The number of nitrogens with one attached hydrogen (secondary N) is 2. The van der Waals surface area contributed by atoms with Crippen LogP contribution in [-0.4, -0.2) is 23.0 Å². The summed E-state index contributed by atoms with van der Waals surface area (Å²) in [5.74, 6) is -0.0165. The number of aromatic nitrogens is 1. The highest BCUT2D eigenvalue weighted by atomic mass is 16.2. The van der Waals surface area contributed by atoms with Crippen molar-refractivity contribution in [1.29, 1.82) is 0 Å². The number of amides is 1. The van der Waals surface area contributed by atoms with Gasteiger partial charge in [0.1, 0.15) is 0 Å². The lowest BCUT2D eigenvalue weighted by Crippen LogP contribution is -2.46. The van der Waals surface area contributed by atoms with E-state index in [4.69, 9.17) is 5.73 Å². The zero-order chi connectivity index (χ0) is 15.4. The molecule has 0 radical (unpaired) electrons. The number of nitrogens with two attached hydrogens (primary N) is 1. The van der Waals surface area contributed by atoms with E-state index in [1.807, 2.05) is 24.4 Å². The normalized spacial score (nSPS) is 18.0. The minimum absolute atomic E-state index is 0.0165. The highest BCUT2D eigenvalue weighted by Crippen LogP contribution is 2.20. The molecule has 4 N–H and O–H groups in total. The highest BCUT2D eigenvalue weighted by Gasteiger charge is 2.20. The lowest BCUT2D eigenvalue weighted by Gasteiger charge is -2.19. The van der Waals surface area contributed by atoms with Gasteiger partial charge >= 0.3 is 0 Å². The van der Waals surface area contributed by atoms with Crippen LogP contribution in [0.2, 0.25) is 0 Å². The minimum Gasteiger partial charge on any atom is -0.361 e. The molecular weight excluding hydrogens is 274 g/mol. The molecule has 118 valence electrons. The zero-order valence-corrected chi connectivity index (χ0v) is 13.0. The maximum absolute atomic E-state index is 12.3. The molecule has 2 aromatic rings. The predicted molar refractivity (Wildman–Crippen MR) is 89.6 cm³/mol. The zero-order valence-electron chi connectivity index (χ0n) is 13.0. The molecule has 4 nitrogen and oxygen atoms in total. The van der Waals surface area contributed by atoms with Gasteiger partial charge in [0.2, 0.25) is 5.91 Å². The van der Waals surface area contributed by atoms with Crippen molar-refractivity contribution in [2.24, 2.45) is 5.73 Å². The summed E-state index contributed by atoms with van der Waals surface area (Å²) in [5.41, 5.74) is 8.33. The Kier molecular flexibility index (Phi) is 4.78. The van der Waals surface area contributed by atoms with Crippen LogP contribution in [0.4, 0.5) is 0 Å². The SMILES string of the molecule is N[C@@H](Cc1c[nH]c2ccccc12)C(=O)NC1CCCCCC1. The van der Waals surface area contributed by atoms with Crippen LogP contribution in [0, 0.1) is 0 Å². The molecule has 4 heteroatoms. The number of aromatic amines is 1. The average Bonchev–Trinajstić information content (AvgIpc) is 2.75. The first kappa shape index (κ1) is 15.1. The standard InChI is InChI=1S/C18H25N3O/c19-16(18(22)21-14-7-3-1-2-4-8-14)11-13-12-20-17-10-6-5-9-15(13)17/h5-6,9-10,12,14,16,20H,1-4,7-8,11,19H2,(H,21,22)/t16-/m0/s1. The Morgan fingerprint density at radius 3 is 2.73 bits per heavy atom. The number of hydrogen-bond donors (Lipinski definition) is 3. The van der Waals surface area contributed by atoms with E-state index in [0.717, 1.165) is 29.3 Å². The van der Waals surface area contributed by atoms with Gasteiger partial charge in [0.05, 0.1) is 6.04 Å². The van der Waals surface area contributed by atoms with E-state index < -0.39 is 6.04 Å². The third-order valence-electron chi connectivity index (χ3n) is 4.65. The van der Waals surface area contributed by atoms with Crippen molar-refractivity contribution in [2.75, 3.05) is 0 Å². The molecule has 1 aromatic carbocycles. The Hall–Kier alpha value is -1.81. The summed E-state index contributed by atoms with van der Waals surface area (Å²) >= 11 is 0. The second-order valence-corrected chi connectivity index (χ2v) is 6.37. The van der Waals surface area contributed by atoms with Gasteiger partial charge in [0.25, 0.3) is 0 Å². The molecule has 1 heterocycles. The Morgan fingerprint density at radius 1 is 1.23 bits per heavy atom. The van der Waals surface area contributed by atoms with Gasteiger partial charge in [-0.2, -0.15) is 0 Å². The fraction of sp³-hybridized carbons (Fsp3) is 0.500. The van der Waals surface area contributed by atoms with Crippen molar-refractivity contribution in [1.82, 2.24) is 10.3 Å². The maximum atomic E-state index is 12.3. The highest BCUT2D eigenvalue weighted by molar-refractivity contribution is 5.86. The molecule has 1 aliphatic carbocycles. The molecule has 1 amide bonds.